The molecular formula is C23H39NO2SSn. The van der Waals surface area contributed by atoms with Gasteiger partial charge < -0.3 is 0 Å². The third-order valence-corrected chi connectivity index (χ3v) is 19.2. The van der Waals surface area contributed by atoms with Crippen molar-refractivity contribution in [2.45, 2.75) is 85.1 Å². The molecule has 3 nitrogen and oxygen atoms in total. The van der Waals surface area contributed by atoms with E-state index in [9.17, 15) is 8.42 Å². The van der Waals surface area contributed by atoms with Crippen molar-refractivity contribution < 1.29 is 8.42 Å². The number of unbranched alkanes of at least 4 members (excludes halogenated alkanes) is 3. The Morgan fingerprint density at radius 3 is 1.86 bits per heavy atom. The van der Waals surface area contributed by atoms with Gasteiger partial charge in [0.1, 0.15) is 0 Å². The van der Waals surface area contributed by atoms with Crippen molar-refractivity contribution in [3.05, 3.63) is 35.9 Å². The van der Waals surface area contributed by atoms with Crippen LogP contribution in [-0.2, 0) is 10.0 Å². The van der Waals surface area contributed by atoms with Crippen molar-refractivity contribution in [2.75, 3.05) is 6.26 Å². The summed E-state index contributed by atoms with van der Waals surface area (Å²) in [5, 5.41) is 0. The van der Waals surface area contributed by atoms with Crippen LogP contribution in [0.1, 0.15) is 77.3 Å². The van der Waals surface area contributed by atoms with E-state index < -0.39 is 28.4 Å². The van der Waals surface area contributed by atoms with Crippen LogP contribution in [0.3, 0.4) is 0 Å². The first-order valence-corrected chi connectivity index (χ1v) is 20.3. The molecule has 1 aromatic rings. The Morgan fingerprint density at radius 2 is 1.43 bits per heavy atom. The first-order chi connectivity index (χ1) is 13.4. The summed E-state index contributed by atoms with van der Waals surface area (Å²) < 4.78 is 34.4. The Labute approximate surface area is 178 Å². The third-order valence-electron chi connectivity index (χ3n) is 5.24. The first-order valence-electron chi connectivity index (χ1n) is 10.9. The van der Waals surface area contributed by atoms with Crippen LogP contribution < -0.4 is 4.72 Å². The molecule has 1 aromatic carbocycles. The van der Waals surface area contributed by atoms with Crippen molar-refractivity contribution in [1.82, 2.24) is 4.72 Å². The second kappa shape index (κ2) is 13.7. The molecule has 0 fully saturated rings. The Bertz CT molecular complexity index is 685. The molecule has 5 heteroatoms. The van der Waals surface area contributed by atoms with E-state index in [0.717, 1.165) is 5.56 Å². The molecule has 0 amide bonds. The van der Waals surface area contributed by atoms with E-state index in [0.29, 0.717) is 6.42 Å². The zero-order valence-electron chi connectivity index (χ0n) is 18.3. The number of benzene rings is 1. The molecule has 28 heavy (non-hydrogen) atoms. The van der Waals surface area contributed by atoms with Crippen LogP contribution in [0.25, 0.3) is 0 Å². The minimum atomic E-state index is -3.28. The molecule has 0 spiro atoms. The summed E-state index contributed by atoms with van der Waals surface area (Å²) in [6.07, 6.45) is 9.37. The molecular weight excluding hydrogens is 473 g/mol. The maximum absolute atomic E-state index is 11.9. The zero-order valence-corrected chi connectivity index (χ0v) is 21.9. The SMILES string of the molecule is CCC[CH2][Sn]([C]#CCC(NS(C)(=O)=O)c1ccccc1)([CH2]CCC)[CH2]CCC. The maximum atomic E-state index is 11.9. The minimum absolute atomic E-state index is 0.267. The first kappa shape index (κ1) is 25.5. The number of hydrogen-bond donors (Lipinski definition) is 1. The molecule has 0 aliphatic carbocycles. The normalized spacial score (nSPS) is 13.0. The van der Waals surface area contributed by atoms with Crippen molar-refractivity contribution in [3.8, 4) is 9.86 Å². The van der Waals surface area contributed by atoms with Gasteiger partial charge in [0.25, 0.3) is 0 Å². The molecule has 1 atom stereocenters. The summed E-state index contributed by atoms with van der Waals surface area (Å²) in [5.41, 5.74) is 0.985. The van der Waals surface area contributed by atoms with Gasteiger partial charge in [-0.05, 0) is 0 Å². The molecule has 0 heterocycles. The van der Waals surface area contributed by atoms with Gasteiger partial charge in [-0.15, -0.1) is 0 Å². The van der Waals surface area contributed by atoms with Gasteiger partial charge in [0, 0.05) is 0 Å². The van der Waals surface area contributed by atoms with Crippen molar-refractivity contribution in [3.63, 3.8) is 0 Å². The molecule has 1 N–H and O–H groups in total. The standard InChI is InChI=1S/C11H12NO2S.3C4H9.Sn/c1-3-7-11(12-15(2,13)14)10-8-5-4-6-9-10;3*1-3-4-2;/h4-6,8-9,11-12H,7H2,2H3;3*1,3-4H2,2H3;. The van der Waals surface area contributed by atoms with Gasteiger partial charge in [0.05, 0.1) is 0 Å². The Balaban J connectivity index is 3.07. The topological polar surface area (TPSA) is 46.2 Å². The van der Waals surface area contributed by atoms with E-state index in [2.05, 4.69) is 35.4 Å². The monoisotopic (exact) mass is 513 g/mol. The van der Waals surface area contributed by atoms with Crippen LogP contribution in [-0.4, -0.2) is 33.1 Å². The second-order valence-electron chi connectivity index (χ2n) is 7.95. The second-order valence-corrected chi connectivity index (χ2v) is 22.0. The molecule has 0 aliphatic rings. The van der Waals surface area contributed by atoms with E-state index >= 15 is 0 Å². The fourth-order valence-electron chi connectivity index (χ4n) is 3.62. The molecule has 158 valence electrons. The molecule has 0 saturated heterocycles. The van der Waals surface area contributed by atoms with Crippen molar-refractivity contribution in [1.29, 1.82) is 0 Å². The van der Waals surface area contributed by atoms with Gasteiger partial charge in [-0.1, -0.05) is 0 Å². The van der Waals surface area contributed by atoms with Crippen LogP contribution >= 0.6 is 0 Å². The zero-order chi connectivity index (χ0) is 20.9. The fourth-order valence-corrected chi connectivity index (χ4v) is 17.8. The van der Waals surface area contributed by atoms with E-state index in [4.69, 9.17) is 0 Å². The van der Waals surface area contributed by atoms with Crippen LogP contribution in [0.5, 0.6) is 0 Å². The third kappa shape index (κ3) is 10.3. The summed E-state index contributed by atoms with van der Waals surface area (Å²) in [6.45, 7) is 6.81. The van der Waals surface area contributed by atoms with Crippen molar-refractivity contribution >= 4 is 28.4 Å². The summed E-state index contributed by atoms with van der Waals surface area (Å²) >= 11 is -2.49. The van der Waals surface area contributed by atoms with Gasteiger partial charge in [-0.3, -0.25) is 0 Å². The number of sulfonamides is 1. The predicted octanol–water partition coefficient (Wildman–Crippen LogP) is 6.06. The van der Waals surface area contributed by atoms with Crippen LogP contribution in [0.2, 0.25) is 13.3 Å². The molecule has 0 bridgehead atoms. The summed E-state index contributed by atoms with van der Waals surface area (Å²) in [7, 11) is -3.28. The average molecular weight is 512 g/mol. The van der Waals surface area contributed by atoms with Gasteiger partial charge in [-0.25, -0.2) is 0 Å². The number of rotatable bonds is 13. The molecule has 0 aliphatic heterocycles. The predicted molar refractivity (Wildman–Crippen MR) is 124 cm³/mol. The van der Waals surface area contributed by atoms with E-state index in [1.807, 2.05) is 30.3 Å². The van der Waals surface area contributed by atoms with E-state index in [1.54, 1.807) is 0 Å². The van der Waals surface area contributed by atoms with Crippen LogP contribution in [0.4, 0.5) is 0 Å². The fraction of sp³-hybridized carbons (Fsp3) is 0.652. The van der Waals surface area contributed by atoms with Gasteiger partial charge in [-0.2, -0.15) is 0 Å². The van der Waals surface area contributed by atoms with Gasteiger partial charge >= 0.3 is 179 Å². The molecule has 1 unspecified atom stereocenters. The van der Waals surface area contributed by atoms with Gasteiger partial charge in [0.15, 0.2) is 0 Å². The number of nitrogens with one attached hydrogen (secondary N) is 1. The van der Waals surface area contributed by atoms with E-state index in [-0.39, 0.29) is 6.04 Å². The van der Waals surface area contributed by atoms with Crippen LogP contribution in [0, 0.1) is 9.86 Å². The van der Waals surface area contributed by atoms with Gasteiger partial charge in [0.2, 0.25) is 0 Å². The Morgan fingerprint density at radius 1 is 0.929 bits per heavy atom. The Hall–Kier alpha value is -0.511. The molecule has 0 radical (unpaired) electrons. The van der Waals surface area contributed by atoms with Crippen molar-refractivity contribution in [2.24, 2.45) is 0 Å². The van der Waals surface area contributed by atoms with E-state index in [1.165, 1.54) is 58.1 Å². The quantitative estimate of drug-likeness (QED) is 0.258. The summed E-state index contributed by atoms with van der Waals surface area (Å²) in [5.74, 6) is 3.49. The summed E-state index contributed by atoms with van der Waals surface area (Å²) in [6, 6.07) is 9.55. The van der Waals surface area contributed by atoms with Crippen LogP contribution in [0.15, 0.2) is 30.3 Å². The average Bonchev–Trinajstić information content (AvgIpc) is 2.67. The Kier molecular flexibility index (Phi) is 12.5. The number of hydrogen-bond acceptors (Lipinski definition) is 2. The molecule has 1 rings (SSSR count). The molecule has 0 aromatic heterocycles. The summed E-state index contributed by atoms with van der Waals surface area (Å²) in [4.78, 5) is 0. The molecule has 0 saturated carbocycles.